The number of nitrogens with one attached hydrogen (secondary N) is 2. The van der Waals surface area contributed by atoms with Gasteiger partial charge in [-0.25, -0.2) is 4.98 Å². The predicted molar refractivity (Wildman–Crippen MR) is 75.0 cm³/mol. The Hall–Kier alpha value is -1.36. The van der Waals surface area contributed by atoms with E-state index in [0.29, 0.717) is 11.7 Å². The second-order valence-corrected chi connectivity index (χ2v) is 5.19. The van der Waals surface area contributed by atoms with Crippen molar-refractivity contribution in [2.45, 2.75) is 33.2 Å². The Morgan fingerprint density at radius 3 is 2.61 bits per heavy atom. The van der Waals surface area contributed by atoms with Crippen LogP contribution in [0, 0.1) is 5.92 Å². The van der Waals surface area contributed by atoms with Crippen molar-refractivity contribution < 1.29 is 0 Å². The third-order valence-electron chi connectivity index (χ3n) is 2.83. The number of aryl methyl sites for hydroxylation is 1. The van der Waals surface area contributed by atoms with Crippen molar-refractivity contribution in [3.63, 3.8) is 0 Å². The molecule has 0 aliphatic heterocycles. The van der Waals surface area contributed by atoms with Crippen LogP contribution in [-0.4, -0.2) is 41.5 Å². The Morgan fingerprint density at radius 1 is 1.44 bits per heavy atom. The van der Waals surface area contributed by atoms with Gasteiger partial charge in [-0.15, -0.1) is 0 Å². The molecule has 1 rings (SSSR count). The van der Waals surface area contributed by atoms with E-state index >= 15 is 0 Å². The van der Waals surface area contributed by atoms with E-state index in [-0.39, 0.29) is 11.6 Å². The predicted octanol–water partition coefficient (Wildman–Crippen LogP) is 1.33. The highest BCUT2D eigenvalue weighted by atomic mass is 16.1. The van der Waals surface area contributed by atoms with Gasteiger partial charge in [-0.05, 0) is 20.0 Å². The van der Waals surface area contributed by atoms with Gasteiger partial charge in [-0.2, -0.15) is 0 Å². The molecular formula is C13H24N4O. The average Bonchev–Trinajstić information content (AvgIpc) is 2.26. The molecule has 0 fully saturated rings. The molecule has 1 atom stereocenters. The molecule has 18 heavy (non-hydrogen) atoms. The van der Waals surface area contributed by atoms with E-state index in [9.17, 15) is 4.79 Å². The van der Waals surface area contributed by atoms with Crippen LogP contribution < -0.4 is 10.9 Å². The van der Waals surface area contributed by atoms with Gasteiger partial charge in [0.05, 0.1) is 0 Å². The molecule has 5 heteroatoms. The monoisotopic (exact) mass is 252 g/mol. The highest BCUT2D eigenvalue weighted by Gasteiger charge is 2.15. The first kappa shape index (κ1) is 14.7. The zero-order valence-corrected chi connectivity index (χ0v) is 11.9. The smallest absolute Gasteiger partial charge is 0.252 e. The van der Waals surface area contributed by atoms with Gasteiger partial charge in [0.25, 0.3) is 5.56 Å². The molecule has 0 radical (unpaired) electrons. The molecule has 0 bridgehead atoms. The number of anilines is 1. The first-order chi connectivity index (χ1) is 8.42. The van der Waals surface area contributed by atoms with Gasteiger partial charge < -0.3 is 15.2 Å². The van der Waals surface area contributed by atoms with E-state index in [0.717, 1.165) is 18.8 Å². The molecule has 0 aliphatic carbocycles. The highest BCUT2D eigenvalue weighted by molar-refractivity contribution is 5.34. The van der Waals surface area contributed by atoms with E-state index in [2.05, 4.69) is 34.0 Å². The number of likely N-dealkylation sites (N-methyl/N-ethyl adjacent to an activating group) is 1. The first-order valence-electron chi connectivity index (χ1n) is 6.43. The Kier molecular flexibility index (Phi) is 5.34. The maximum absolute atomic E-state index is 11.5. The van der Waals surface area contributed by atoms with Crippen LogP contribution in [0.15, 0.2) is 10.9 Å². The third kappa shape index (κ3) is 4.49. The summed E-state index contributed by atoms with van der Waals surface area (Å²) in [5, 5.41) is 3.35. The number of rotatable bonds is 6. The van der Waals surface area contributed by atoms with Crippen molar-refractivity contribution in [3.8, 4) is 0 Å². The largest absolute Gasteiger partial charge is 0.366 e. The fraction of sp³-hybridized carbons (Fsp3) is 0.692. The molecule has 1 heterocycles. The number of aromatic amines is 1. The molecule has 2 N–H and O–H groups in total. The summed E-state index contributed by atoms with van der Waals surface area (Å²) in [6, 6.07) is 1.79. The molecule has 0 saturated carbocycles. The first-order valence-corrected chi connectivity index (χ1v) is 6.43. The summed E-state index contributed by atoms with van der Waals surface area (Å²) >= 11 is 0. The van der Waals surface area contributed by atoms with Gasteiger partial charge in [-0.3, -0.25) is 4.79 Å². The summed E-state index contributed by atoms with van der Waals surface area (Å²) in [6.07, 6.45) is 0.727. The van der Waals surface area contributed by atoms with Gasteiger partial charge in [0, 0.05) is 25.1 Å². The quantitative estimate of drug-likeness (QED) is 0.802. The minimum Gasteiger partial charge on any atom is -0.366 e. The van der Waals surface area contributed by atoms with Crippen LogP contribution in [0.5, 0.6) is 0 Å². The molecule has 1 aromatic heterocycles. The van der Waals surface area contributed by atoms with E-state index < -0.39 is 0 Å². The van der Waals surface area contributed by atoms with Crippen LogP contribution in [0.1, 0.15) is 26.6 Å². The van der Waals surface area contributed by atoms with Crippen LogP contribution in [0.3, 0.4) is 0 Å². The summed E-state index contributed by atoms with van der Waals surface area (Å²) < 4.78 is 0. The number of aromatic nitrogens is 2. The van der Waals surface area contributed by atoms with Gasteiger partial charge >= 0.3 is 0 Å². The van der Waals surface area contributed by atoms with E-state index in [1.807, 2.05) is 21.0 Å². The topological polar surface area (TPSA) is 61.0 Å². The summed E-state index contributed by atoms with van der Waals surface area (Å²) in [7, 11) is 4.08. The van der Waals surface area contributed by atoms with Crippen molar-refractivity contribution in [1.82, 2.24) is 14.9 Å². The zero-order valence-electron chi connectivity index (χ0n) is 11.9. The summed E-state index contributed by atoms with van der Waals surface area (Å²) in [4.78, 5) is 20.7. The minimum absolute atomic E-state index is 0.100. The lowest BCUT2D eigenvalue weighted by molar-refractivity contribution is 0.344. The van der Waals surface area contributed by atoms with Crippen molar-refractivity contribution in [1.29, 1.82) is 0 Å². The number of hydrogen-bond donors (Lipinski definition) is 2. The minimum atomic E-state index is -0.100. The number of H-pyrrole nitrogens is 1. The fourth-order valence-electron chi connectivity index (χ4n) is 1.76. The van der Waals surface area contributed by atoms with Crippen LogP contribution in [-0.2, 0) is 6.42 Å². The summed E-state index contributed by atoms with van der Waals surface area (Å²) in [5.41, 5.74) is -0.100. The van der Waals surface area contributed by atoms with Crippen molar-refractivity contribution in [2.75, 3.05) is 26.0 Å². The normalized spacial score (nSPS) is 13.1. The maximum atomic E-state index is 11.5. The molecule has 102 valence electrons. The van der Waals surface area contributed by atoms with Crippen LogP contribution in [0.25, 0.3) is 0 Å². The van der Waals surface area contributed by atoms with Gasteiger partial charge in [0.1, 0.15) is 11.6 Å². The Bertz CT molecular complexity index is 425. The molecule has 0 amide bonds. The summed E-state index contributed by atoms with van der Waals surface area (Å²) in [6.45, 7) is 7.21. The third-order valence-corrected chi connectivity index (χ3v) is 2.83. The van der Waals surface area contributed by atoms with Crippen molar-refractivity contribution >= 4 is 5.82 Å². The van der Waals surface area contributed by atoms with E-state index in [1.54, 1.807) is 0 Å². The maximum Gasteiger partial charge on any atom is 0.252 e. The lowest BCUT2D eigenvalue weighted by Gasteiger charge is -2.26. The van der Waals surface area contributed by atoms with E-state index in [4.69, 9.17) is 0 Å². The molecule has 0 spiro atoms. The lowest BCUT2D eigenvalue weighted by Crippen LogP contribution is -2.37. The van der Waals surface area contributed by atoms with Crippen molar-refractivity contribution in [3.05, 3.63) is 22.2 Å². The zero-order chi connectivity index (χ0) is 13.7. The Labute approximate surface area is 109 Å². The second-order valence-electron chi connectivity index (χ2n) is 5.19. The van der Waals surface area contributed by atoms with Crippen LogP contribution in [0.2, 0.25) is 0 Å². The molecule has 0 saturated heterocycles. The molecule has 0 aromatic carbocycles. The van der Waals surface area contributed by atoms with Crippen LogP contribution >= 0.6 is 0 Å². The molecule has 1 unspecified atom stereocenters. The number of hydrogen-bond acceptors (Lipinski definition) is 4. The van der Waals surface area contributed by atoms with Gasteiger partial charge in [0.2, 0.25) is 0 Å². The van der Waals surface area contributed by atoms with Crippen molar-refractivity contribution in [2.24, 2.45) is 5.92 Å². The molecule has 1 aromatic rings. The standard InChI is InChI=1S/C13H24N4O/c1-6-11-15-12(7-13(18)16-11)14-10(9(2)3)8-17(4)5/h7,9-10H,6,8H2,1-5H3,(H2,14,15,16,18). The Balaban J connectivity index is 2.86. The molecule has 5 nitrogen and oxygen atoms in total. The molecule has 0 aliphatic rings. The van der Waals surface area contributed by atoms with Crippen LogP contribution in [0.4, 0.5) is 5.82 Å². The number of nitrogens with zero attached hydrogens (tertiary/aromatic N) is 2. The lowest BCUT2D eigenvalue weighted by atomic mass is 10.0. The second kappa shape index (κ2) is 6.54. The van der Waals surface area contributed by atoms with E-state index in [1.165, 1.54) is 6.07 Å². The summed E-state index contributed by atoms with van der Waals surface area (Å²) in [5.74, 6) is 1.85. The van der Waals surface area contributed by atoms with Gasteiger partial charge in [-0.1, -0.05) is 20.8 Å². The molecular weight excluding hydrogens is 228 g/mol. The highest BCUT2D eigenvalue weighted by Crippen LogP contribution is 2.10. The fourth-order valence-corrected chi connectivity index (χ4v) is 1.76. The average molecular weight is 252 g/mol. The SMILES string of the molecule is CCc1nc(NC(CN(C)C)C(C)C)cc(=O)[nH]1. The van der Waals surface area contributed by atoms with Gasteiger partial charge in [0.15, 0.2) is 0 Å². The Morgan fingerprint density at radius 2 is 2.11 bits per heavy atom.